The van der Waals surface area contributed by atoms with E-state index in [0.29, 0.717) is 12.7 Å². The predicted octanol–water partition coefficient (Wildman–Crippen LogP) is 1.52. The Kier molecular flexibility index (Phi) is 3.00. The van der Waals surface area contributed by atoms with Crippen molar-refractivity contribution in [3.8, 4) is 0 Å². The average molecular weight is 234 g/mol. The van der Waals surface area contributed by atoms with Crippen LogP contribution in [-0.4, -0.2) is 25.0 Å². The van der Waals surface area contributed by atoms with Crippen molar-refractivity contribution in [2.45, 2.75) is 33.6 Å². The van der Waals surface area contributed by atoms with E-state index in [2.05, 4.69) is 0 Å². The van der Waals surface area contributed by atoms with Gasteiger partial charge in [-0.15, -0.1) is 0 Å². The fourth-order valence-corrected chi connectivity index (χ4v) is 3.71. The van der Waals surface area contributed by atoms with Gasteiger partial charge in [-0.2, -0.15) is 8.42 Å². The summed E-state index contributed by atoms with van der Waals surface area (Å²) in [6.07, 6.45) is 2.07. The lowest BCUT2D eigenvalue weighted by Gasteiger charge is -2.38. The molecule has 1 saturated carbocycles. The van der Waals surface area contributed by atoms with E-state index in [0.717, 1.165) is 6.42 Å². The van der Waals surface area contributed by atoms with Gasteiger partial charge in [-0.3, -0.25) is 4.55 Å². The maximum absolute atomic E-state index is 11.2. The van der Waals surface area contributed by atoms with Gasteiger partial charge in [0.05, 0.1) is 5.75 Å². The van der Waals surface area contributed by atoms with Crippen LogP contribution in [-0.2, 0) is 14.9 Å². The third kappa shape index (κ3) is 2.08. The summed E-state index contributed by atoms with van der Waals surface area (Å²) in [5.41, 5.74) is -1.31. The number of hydrogen-bond acceptors (Lipinski definition) is 3. The van der Waals surface area contributed by atoms with E-state index >= 15 is 0 Å². The Morgan fingerprint density at radius 2 is 2.00 bits per heavy atom. The van der Waals surface area contributed by atoms with E-state index in [4.69, 9.17) is 4.55 Å². The predicted molar refractivity (Wildman–Crippen MR) is 57.1 cm³/mol. The number of aldehydes is 1. The first-order valence-electron chi connectivity index (χ1n) is 5.06. The van der Waals surface area contributed by atoms with Crippen LogP contribution in [0.4, 0.5) is 0 Å². The van der Waals surface area contributed by atoms with Crippen LogP contribution in [0.25, 0.3) is 0 Å². The molecule has 1 aliphatic carbocycles. The highest BCUT2D eigenvalue weighted by Crippen LogP contribution is 2.55. The van der Waals surface area contributed by atoms with Crippen molar-refractivity contribution in [3.05, 3.63) is 0 Å². The van der Waals surface area contributed by atoms with Gasteiger partial charge in [0.2, 0.25) is 0 Å². The molecule has 0 radical (unpaired) electrons. The Labute approximate surface area is 90.8 Å². The minimum atomic E-state index is -4.10. The molecule has 1 fully saturated rings. The molecule has 1 N–H and O–H groups in total. The minimum absolute atomic E-state index is 0.282. The Bertz CT molecular complexity index is 358. The molecular weight excluding hydrogens is 216 g/mol. The summed E-state index contributed by atoms with van der Waals surface area (Å²) >= 11 is 0. The lowest BCUT2D eigenvalue weighted by Crippen LogP contribution is -2.42. The van der Waals surface area contributed by atoms with Crippen molar-refractivity contribution >= 4 is 16.4 Å². The normalized spacial score (nSPS) is 35.3. The zero-order chi connectivity index (χ0) is 11.9. The number of carbonyl (C=O) groups excluding carboxylic acids is 1. The number of carbonyl (C=O) groups is 1. The molecule has 0 saturated heterocycles. The van der Waals surface area contributed by atoms with E-state index in [1.54, 1.807) is 0 Å². The molecule has 0 aliphatic heterocycles. The van der Waals surface area contributed by atoms with E-state index < -0.39 is 21.3 Å². The summed E-state index contributed by atoms with van der Waals surface area (Å²) in [7, 11) is -4.10. The van der Waals surface area contributed by atoms with Crippen molar-refractivity contribution in [2.24, 2.45) is 16.7 Å². The number of hydrogen-bond donors (Lipinski definition) is 1. The summed E-state index contributed by atoms with van der Waals surface area (Å²) in [4.78, 5) is 11.2. The van der Waals surface area contributed by atoms with Crippen LogP contribution >= 0.6 is 0 Å². The largest absolute Gasteiger partial charge is 0.303 e. The zero-order valence-corrected chi connectivity index (χ0v) is 10.2. The van der Waals surface area contributed by atoms with Crippen molar-refractivity contribution in [2.75, 3.05) is 5.75 Å². The summed E-state index contributed by atoms with van der Waals surface area (Å²) in [5.74, 6) is -0.176. The highest BCUT2D eigenvalue weighted by Gasteiger charge is 2.54. The molecule has 5 heteroatoms. The third-order valence-corrected chi connectivity index (χ3v) is 5.08. The molecular formula is C10H18O4S. The highest BCUT2D eigenvalue weighted by molar-refractivity contribution is 7.85. The van der Waals surface area contributed by atoms with Gasteiger partial charge in [0, 0.05) is 5.41 Å². The first kappa shape index (κ1) is 12.6. The van der Waals surface area contributed by atoms with Gasteiger partial charge >= 0.3 is 0 Å². The quantitative estimate of drug-likeness (QED) is 0.593. The Morgan fingerprint density at radius 1 is 1.47 bits per heavy atom. The summed E-state index contributed by atoms with van der Waals surface area (Å²) in [5, 5.41) is 0. The van der Waals surface area contributed by atoms with Gasteiger partial charge in [0.25, 0.3) is 10.1 Å². The summed E-state index contributed by atoms with van der Waals surface area (Å²) in [6.45, 7) is 5.80. The molecule has 2 atom stereocenters. The first-order valence-corrected chi connectivity index (χ1v) is 6.67. The van der Waals surface area contributed by atoms with Gasteiger partial charge in [-0.05, 0) is 24.2 Å². The van der Waals surface area contributed by atoms with Crippen LogP contribution in [0.3, 0.4) is 0 Å². The van der Waals surface area contributed by atoms with Crippen LogP contribution in [0.1, 0.15) is 33.6 Å². The monoisotopic (exact) mass is 234 g/mol. The Balaban J connectivity index is 3.12. The van der Waals surface area contributed by atoms with Crippen molar-refractivity contribution in [1.82, 2.24) is 0 Å². The van der Waals surface area contributed by atoms with Gasteiger partial charge in [0.1, 0.15) is 6.29 Å². The SMILES string of the molecule is CC1CCC(C=O)(CS(=O)(=O)O)C1(C)C. The molecule has 0 heterocycles. The van der Waals surface area contributed by atoms with Crippen LogP contribution in [0.5, 0.6) is 0 Å². The van der Waals surface area contributed by atoms with Crippen molar-refractivity contribution in [3.63, 3.8) is 0 Å². The molecule has 0 amide bonds. The van der Waals surface area contributed by atoms with Crippen LogP contribution in [0.15, 0.2) is 0 Å². The maximum atomic E-state index is 11.2. The zero-order valence-electron chi connectivity index (χ0n) is 9.36. The molecule has 1 rings (SSSR count). The van der Waals surface area contributed by atoms with E-state index in [-0.39, 0.29) is 11.3 Å². The molecule has 0 aromatic heterocycles. The van der Waals surface area contributed by atoms with E-state index in [1.165, 1.54) is 0 Å². The van der Waals surface area contributed by atoms with Gasteiger partial charge in [-0.25, -0.2) is 0 Å². The highest BCUT2D eigenvalue weighted by atomic mass is 32.2. The van der Waals surface area contributed by atoms with Crippen LogP contribution in [0, 0.1) is 16.7 Å². The fraction of sp³-hybridized carbons (Fsp3) is 0.900. The second-order valence-electron chi connectivity index (χ2n) is 5.16. The lowest BCUT2D eigenvalue weighted by molar-refractivity contribution is -0.120. The first-order chi connectivity index (χ1) is 6.65. The standard InChI is InChI=1S/C10H18O4S/c1-8-4-5-10(6-11,9(8,2)3)7-15(12,13)14/h6,8H,4-5,7H2,1-3H3,(H,12,13,14). The van der Waals surface area contributed by atoms with Crippen molar-refractivity contribution in [1.29, 1.82) is 0 Å². The van der Waals surface area contributed by atoms with Gasteiger partial charge in [0.15, 0.2) is 0 Å². The lowest BCUT2D eigenvalue weighted by atomic mass is 9.67. The third-order valence-electron chi connectivity index (χ3n) is 4.20. The summed E-state index contributed by atoms with van der Waals surface area (Å²) < 4.78 is 30.8. The fourth-order valence-electron chi connectivity index (χ4n) is 2.48. The van der Waals surface area contributed by atoms with Crippen molar-refractivity contribution < 1.29 is 17.8 Å². The molecule has 15 heavy (non-hydrogen) atoms. The van der Waals surface area contributed by atoms with Gasteiger partial charge in [-0.1, -0.05) is 20.8 Å². The smallest absolute Gasteiger partial charge is 0.265 e. The molecule has 4 nitrogen and oxygen atoms in total. The van der Waals surface area contributed by atoms with Crippen LogP contribution < -0.4 is 0 Å². The van der Waals surface area contributed by atoms with Crippen LogP contribution in [0.2, 0.25) is 0 Å². The topological polar surface area (TPSA) is 71.4 Å². The Morgan fingerprint density at radius 3 is 2.27 bits per heavy atom. The molecule has 2 unspecified atom stereocenters. The molecule has 88 valence electrons. The second kappa shape index (κ2) is 3.56. The summed E-state index contributed by atoms with van der Waals surface area (Å²) in [6, 6.07) is 0. The van der Waals surface area contributed by atoms with Gasteiger partial charge < -0.3 is 4.79 Å². The molecule has 0 bridgehead atoms. The molecule has 0 aromatic carbocycles. The number of rotatable bonds is 3. The molecule has 1 aliphatic rings. The molecule has 0 spiro atoms. The average Bonchev–Trinajstić information content (AvgIpc) is 2.27. The van der Waals surface area contributed by atoms with E-state index in [9.17, 15) is 13.2 Å². The second-order valence-corrected chi connectivity index (χ2v) is 6.61. The molecule has 0 aromatic rings. The maximum Gasteiger partial charge on any atom is 0.265 e. The minimum Gasteiger partial charge on any atom is -0.303 e. The van der Waals surface area contributed by atoms with E-state index in [1.807, 2.05) is 20.8 Å². The Hall–Kier alpha value is -0.420.